The van der Waals surface area contributed by atoms with Crippen LogP contribution in [-0.2, 0) is 20.9 Å². The number of fused-ring (bicyclic) bond motifs is 2. The summed E-state index contributed by atoms with van der Waals surface area (Å²) in [4.78, 5) is 13.4. The van der Waals surface area contributed by atoms with Crippen LogP contribution in [0.1, 0.15) is 37.3 Å². The molecule has 0 radical (unpaired) electrons. The Bertz CT molecular complexity index is 1020. The molecule has 2 aromatic rings. The topological polar surface area (TPSA) is 54.0 Å². The molecule has 4 unspecified atom stereocenters. The zero-order chi connectivity index (χ0) is 22.1. The average Bonchev–Trinajstić information content (AvgIpc) is 2.83. The van der Waals surface area contributed by atoms with E-state index in [0.717, 1.165) is 29.0 Å². The predicted octanol–water partition coefficient (Wildman–Crippen LogP) is 5.44. The number of hydrogen-bond acceptors (Lipinski definition) is 5. The number of carbonyl (C=O) groups excluding carboxylic acids is 1. The molecule has 0 amide bonds. The van der Waals surface area contributed by atoms with Crippen molar-refractivity contribution in [3.05, 3.63) is 64.9 Å². The molecule has 2 aliphatic heterocycles. The highest BCUT2D eigenvalue weighted by Gasteiger charge is 2.44. The third kappa shape index (κ3) is 4.24. The van der Waals surface area contributed by atoms with Gasteiger partial charge in [0.1, 0.15) is 19.3 Å². The SMILES string of the molecule is CCC1CC2C(=O)C(c3ccc4c(c3)OCCO4)=COC2CC1OCc1ccc(Cl)cc1. The van der Waals surface area contributed by atoms with Crippen LogP contribution in [0.25, 0.3) is 5.57 Å². The van der Waals surface area contributed by atoms with Crippen LogP contribution in [0.5, 0.6) is 11.5 Å². The van der Waals surface area contributed by atoms with Gasteiger partial charge in [-0.1, -0.05) is 43.1 Å². The maximum absolute atomic E-state index is 13.4. The lowest BCUT2D eigenvalue weighted by Crippen LogP contribution is -2.45. The van der Waals surface area contributed by atoms with Gasteiger partial charge in [0.05, 0.1) is 30.5 Å². The molecule has 1 saturated carbocycles. The van der Waals surface area contributed by atoms with E-state index in [0.29, 0.717) is 49.2 Å². The molecule has 2 aromatic carbocycles. The highest BCUT2D eigenvalue weighted by atomic mass is 35.5. The van der Waals surface area contributed by atoms with Crippen LogP contribution in [0.15, 0.2) is 48.7 Å². The van der Waals surface area contributed by atoms with Gasteiger partial charge in [0.2, 0.25) is 0 Å². The lowest BCUT2D eigenvalue weighted by atomic mass is 9.72. The number of halogens is 1. The first-order valence-electron chi connectivity index (χ1n) is 11.3. The van der Waals surface area contributed by atoms with E-state index in [-0.39, 0.29) is 23.9 Å². The van der Waals surface area contributed by atoms with Gasteiger partial charge in [0.15, 0.2) is 17.3 Å². The van der Waals surface area contributed by atoms with Gasteiger partial charge in [-0.2, -0.15) is 0 Å². The second-order valence-electron chi connectivity index (χ2n) is 8.65. The highest BCUT2D eigenvalue weighted by Crippen LogP contribution is 2.42. The minimum atomic E-state index is -0.151. The summed E-state index contributed by atoms with van der Waals surface area (Å²) in [6, 6.07) is 13.4. The fourth-order valence-electron chi connectivity index (χ4n) is 4.89. The maximum Gasteiger partial charge on any atom is 0.173 e. The van der Waals surface area contributed by atoms with Crippen LogP contribution in [0.3, 0.4) is 0 Å². The van der Waals surface area contributed by atoms with E-state index in [4.69, 9.17) is 30.5 Å². The zero-order valence-electron chi connectivity index (χ0n) is 18.1. The summed E-state index contributed by atoms with van der Waals surface area (Å²) in [6.07, 6.45) is 3.98. The van der Waals surface area contributed by atoms with Crippen LogP contribution < -0.4 is 9.47 Å². The normalized spacial score (nSPS) is 26.7. The molecule has 1 aliphatic carbocycles. The Labute approximate surface area is 193 Å². The Hall–Kier alpha value is -2.50. The lowest BCUT2D eigenvalue weighted by molar-refractivity contribution is -0.133. The fourth-order valence-corrected chi connectivity index (χ4v) is 5.02. The van der Waals surface area contributed by atoms with Gasteiger partial charge >= 0.3 is 0 Å². The average molecular weight is 455 g/mol. The first kappa shape index (κ1) is 21.4. The summed E-state index contributed by atoms with van der Waals surface area (Å²) in [5.41, 5.74) is 2.51. The molecule has 0 N–H and O–H groups in total. The fraction of sp³-hybridized carbons (Fsp3) is 0.423. The number of carbonyl (C=O) groups is 1. The zero-order valence-corrected chi connectivity index (χ0v) is 18.8. The van der Waals surface area contributed by atoms with Crippen molar-refractivity contribution in [2.24, 2.45) is 11.8 Å². The summed E-state index contributed by atoms with van der Waals surface area (Å²) in [5, 5.41) is 0.718. The molecule has 0 spiro atoms. The summed E-state index contributed by atoms with van der Waals surface area (Å²) in [6.45, 7) is 3.75. The second kappa shape index (κ2) is 9.16. The van der Waals surface area contributed by atoms with E-state index in [9.17, 15) is 4.79 Å². The van der Waals surface area contributed by atoms with Gasteiger partial charge in [-0.05, 0) is 47.7 Å². The standard InChI is InChI=1S/C26H27ClO5/c1-2-17-11-20-24(13-23(17)31-14-16-3-6-19(27)7-4-16)32-15-21(26(20)28)18-5-8-22-25(12-18)30-10-9-29-22/h3-8,12,15,17,20,23-24H,2,9-11,13-14H2,1H3. The van der Waals surface area contributed by atoms with Gasteiger partial charge in [0, 0.05) is 11.4 Å². The van der Waals surface area contributed by atoms with Crippen LogP contribution in [0.2, 0.25) is 5.02 Å². The van der Waals surface area contributed by atoms with Crippen molar-refractivity contribution in [3.63, 3.8) is 0 Å². The monoisotopic (exact) mass is 454 g/mol. The molecule has 32 heavy (non-hydrogen) atoms. The largest absolute Gasteiger partial charge is 0.496 e. The van der Waals surface area contributed by atoms with Crippen molar-refractivity contribution in [1.29, 1.82) is 0 Å². The van der Waals surface area contributed by atoms with Crippen LogP contribution in [0, 0.1) is 11.8 Å². The number of ether oxygens (including phenoxy) is 4. The van der Waals surface area contributed by atoms with Gasteiger partial charge in [-0.15, -0.1) is 0 Å². The van der Waals surface area contributed by atoms with Crippen LogP contribution in [0.4, 0.5) is 0 Å². The second-order valence-corrected chi connectivity index (χ2v) is 9.09. The van der Waals surface area contributed by atoms with E-state index in [1.165, 1.54) is 0 Å². The first-order valence-corrected chi connectivity index (χ1v) is 11.7. The molecule has 1 fully saturated rings. The van der Waals surface area contributed by atoms with Gasteiger partial charge < -0.3 is 18.9 Å². The smallest absolute Gasteiger partial charge is 0.173 e. The number of benzene rings is 2. The molecule has 3 aliphatic rings. The van der Waals surface area contributed by atoms with E-state index in [2.05, 4.69) is 6.92 Å². The molecule has 0 saturated heterocycles. The molecule has 2 heterocycles. The quantitative estimate of drug-likeness (QED) is 0.602. The van der Waals surface area contributed by atoms with Crippen molar-refractivity contribution in [1.82, 2.24) is 0 Å². The molecule has 5 rings (SSSR count). The van der Waals surface area contributed by atoms with Gasteiger partial charge in [0.25, 0.3) is 0 Å². The molecule has 0 bridgehead atoms. The molecule has 0 aromatic heterocycles. The number of hydrogen-bond donors (Lipinski definition) is 0. The van der Waals surface area contributed by atoms with Crippen LogP contribution in [-0.4, -0.2) is 31.2 Å². The van der Waals surface area contributed by atoms with Crippen molar-refractivity contribution >= 4 is 23.0 Å². The number of Topliss-reactive ketones (excluding diaryl/α,β-unsaturated/α-hetero) is 1. The van der Waals surface area contributed by atoms with Crippen LogP contribution >= 0.6 is 11.6 Å². The Morgan fingerprint density at radius 2 is 1.81 bits per heavy atom. The predicted molar refractivity (Wildman–Crippen MR) is 122 cm³/mol. The third-order valence-electron chi connectivity index (χ3n) is 6.71. The van der Waals surface area contributed by atoms with Gasteiger partial charge in [-0.25, -0.2) is 0 Å². The van der Waals surface area contributed by atoms with E-state index in [1.807, 2.05) is 42.5 Å². The number of allylic oxidation sites excluding steroid dienone is 1. The molecule has 4 atom stereocenters. The number of rotatable bonds is 5. The molecular weight excluding hydrogens is 428 g/mol. The molecule has 6 heteroatoms. The van der Waals surface area contributed by atoms with E-state index < -0.39 is 0 Å². The molecular formula is C26H27ClO5. The summed E-state index contributed by atoms with van der Waals surface area (Å²) >= 11 is 5.98. The summed E-state index contributed by atoms with van der Waals surface area (Å²) in [5.74, 6) is 1.70. The van der Waals surface area contributed by atoms with Crippen molar-refractivity contribution in [2.45, 2.75) is 45.0 Å². The van der Waals surface area contributed by atoms with Crippen molar-refractivity contribution in [3.8, 4) is 11.5 Å². The first-order chi connectivity index (χ1) is 15.6. The third-order valence-corrected chi connectivity index (χ3v) is 6.97. The Kier molecular flexibility index (Phi) is 6.11. The van der Waals surface area contributed by atoms with Crippen molar-refractivity contribution < 1.29 is 23.7 Å². The highest BCUT2D eigenvalue weighted by molar-refractivity contribution is 6.30. The van der Waals surface area contributed by atoms with Crippen molar-refractivity contribution in [2.75, 3.05) is 13.2 Å². The minimum Gasteiger partial charge on any atom is -0.496 e. The Morgan fingerprint density at radius 1 is 1.03 bits per heavy atom. The van der Waals surface area contributed by atoms with E-state index in [1.54, 1.807) is 6.26 Å². The Balaban J connectivity index is 1.30. The maximum atomic E-state index is 13.4. The minimum absolute atomic E-state index is 0.0639. The van der Waals surface area contributed by atoms with Gasteiger partial charge in [-0.3, -0.25) is 4.79 Å². The lowest BCUT2D eigenvalue weighted by Gasteiger charge is -2.42. The summed E-state index contributed by atoms with van der Waals surface area (Å²) < 4.78 is 23.7. The molecule has 168 valence electrons. The summed E-state index contributed by atoms with van der Waals surface area (Å²) in [7, 11) is 0. The van der Waals surface area contributed by atoms with E-state index >= 15 is 0 Å². The molecule has 5 nitrogen and oxygen atoms in total. The number of ketones is 1. The Morgan fingerprint density at radius 3 is 2.59 bits per heavy atom.